The third-order valence-electron chi connectivity index (χ3n) is 1.67. The average molecular weight is 137 g/mol. The fourth-order valence-electron chi connectivity index (χ4n) is 1.13. The lowest BCUT2D eigenvalue weighted by Gasteiger charge is -2.04. The van der Waals surface area contributed by atoms with Gasteiger partial charge in [0.15, 0.2) is 0 Å². The van der Waals surface area contributed by atoms with Crippen LogP contribution in [0.25, 0.3) is 0 Å². The van der Waals surface area contributed by atoms with Gasteiger partial charge in [-0.1, -0.05) is 13.8 Å². The van der Waals surface area contributed by atoms with Crippen LogP contribution < -0.4 is 0 Å². The van der Waals surface area contributed by atoms with Gasteiger partial charge in [0.05, 0.1) is 0 Å². The molecule has 0 aliphatic heterocycles. The van der Waals surface area contributed by atoms with Crippen molar-refractivity contribution < 1.29 is 0 Å². The zero-order valence-electron chi connectivity index (χ0n) is 6.96. The highest BCUT2D eigenvalue weighted by molar-refractivity contribution is 5.06. The molecule has 56 valence electrons. The second-order valence-corrected chi connectivity index (χ2v) is 3.21. The molecule has 10 heavy (non-hydrogen) atoms. The Hall–Kier alpha value is -0.720. The topological polar surface area (TPSA) is 4.93 Å². The van der Waals surface area contributed by atoms with Gasteiger partial charge >= 0.3 is 0 Å². The van der Waals surface area contributed by atoms with Crippen LogP contribution in [0.4, 0.5) is 0 Å². The lowest BCUT2D eigenvalue weighted by molar-refractivity contribution is 0.616. The van der Waals surface area contributed by atoms with Gasteiger partial charge in [-0.25, -0.2) is 0 Å². The van der Waals surface area contributed by atoms with Crippen molar-refractivity contribution in [2.45, 2.75) is 20.3 Å². The maximum Gasteiger partial charge on any atom is 0.0174 e. The molecule has 1 rings (SSSR count). The lowest BCUT2D eigenvalue weighted by atomic mass is 10.1. The number of nitrogens with zero attached hydrogens (tertiary/aromatic N) is 1. The molecule has 1 aromatic rings. The van der Waals surface area contributed by atoms with E-state index in [4.69, 9.17) is 0 Å². The van der Waals surface area contributed by atoms with Crippen molar-refractivity contribution in [2.75, 3.05) is 0 Å². The highest BCUT2D eigenvalue weighted by Gasteiger charge is 1.98. The number of rotatable bonds is 2. The van der Waals surface area contributed by atoms with E-state index in [0.717, 1.165) is 5.92 Å². The minimum Gasteiger partial charge on any atom is -0.354 e. The molecular formula is C9H15N. The number of aromatic nitrogens is 1. The number of hydrogen-bond acceptors (Lipinski definition) is 0. The van der Waals surface area contributed by atoms with Gasteiger partial charge in [-0.05, 0) is 24.5 Å². The lowest BCUT2D eigenvalue weighted by Crippen LogP contribution is -1.99. The van der Waals surface area contributed by atoms with Gasteiger partial charge in [-0.2, -0.15) is 0 Å². The van der Waals surface area contributed by atoms with Crippen molar-refractivity contribution in [1.82, 2.24) is 4.57 Å². The van der Waals surface area contributed by atoms with E-state index in [9.17, 15) is 0 Å². The van der Waals surface area contributed by atoms with Crippen molar-refractivity contribution >= 4 is 0 Å². The Morgan fingerprint density at radius 1 is 1.50 bits per heavy atom. The van der Waals surface area contributed by atoms with E-state index < -0.39 is 0 Å². The smallest absolute Gasteiger partial charge is 0.0174 e. The molecule has 0 unspecified atom stereocenters. The van der Waals surface area contributed by atoms with Gasteiger partial charge in [0, 0.05) is 18.9 Å². The van der Waals surface area contributed by atoms with Crippen molar-refractivity contribution in [2.24, 2.45) is 13.0 Å². The molecule has 0 spiro atoms. The standard InChI is InChI=1S/C9H15N/c1-8(2)7-9-5-4-6-10(9)3/h4-6,8H,7H2,1-3H3. The van der Waals surface area contributed by atoms with Crippen LogP contribution in [-0.4, -0.2) is 4.57 Å². The largest absolute Gasteiger partial charge is 0.354 e. The fourth-order valence-corrected chi connectivity index (χ4v) is 1.13. The Balaban J connectivity index is 2.65. The first-order valence-electron chi connectivity index (χ1n) is 3.80. The summed E-state index contributed by atoms with van der Waals surface area (Å²) in [6.07, 6.45) is 3.28. The van der Waals surface area contributed by atoms with E-state index in [2.05, 4.69) is 43.8 Å². The molecule has 0 fully saturated rings. The van der Waals surface area contributed by atoms with Gasteiger partial charge in [0.2, 0.25) is 0 Å². The highest BCUT2D eigenvalue weighted by Crippen LogP contribution is 2.06. The van der Waals surface area contributed by atoms with Crippen molar-refractivity contribution in [3.63, 3.8) is 0 Å². The van der Waals surface area contributed by atoms with Crippen LogP contribution in [0.5, 0.6) is 0 Å². The molecule has 0 amide bonds. The molecule has 1 nitrogen and oxygen atoms in total. The predicted molar refractivity (Wildman–Crippen MR) is 44.0 cm³/mol. The van der Waals surface area contributed by atoms with Crippen molar-refractivity contribution in [3.05, 3.63) is 24.0 Å². The Kier molecular flexibility index (Phi) is 2.15. The molecular weight excluding hydrogens is 122 g/mol. The van der Waals surface area contributed by atoms with Crippen LogP contribution in [0, 0.1) is 5.92 Å². The van der Waals surface area contributed by atoms with Crippen molar-refractivity contribution in [1.29, 1.82) is 0 Å². The Bertz CT molecular complexity index is 198. The molecule has 0 N–H and O–H groups in total. The summed E-state index contributed by atoms with van der Waals surface area (Å²) >= 11 is 0. The number of hydrogen-bond donors (Lipinski definition) is 0. The zero-order valence-corrected chi connectivity index (χ0v) is 6.96. The summed E-state index contributed by atoms with van der Waals surface area (Å²) in [6.45, 7) is 4.49. The van der Waals surface area contributed by atoms with E-state index in [-0.39, 0.29) is 0 Å². The summed E-state index contributed by atoms with van der Waals surface area (Å²) in [5.41, 5.74) is 1.43. The summed E-state index contributed by atoms with van der Waals surface area (Å²) in [6, 6.07) is 4.28. The van der Waals surface area contributed by atoms with Gasteiger partial charge < -0.3 is 4.57 Å². The summed E-state index contributed by atoms with van der Waals surface area (Å²) in [7, 11) is 2.09. The van der Waals surface area contributed by atoms with E-state index in [1.165, 1.54) is 12.1 Å². The molecule has 0 saturated heterocycles. The quantitative estimate of drug-likeness (QED) is 0.589. The minimum absolute atomic E-state index is 0.758. The van der Waals surface area contributed by atoms with Crippen LogP contribution in [0.1, 0.15) is 19.5 Å². The Morgan fingerprint density at radius 2 is 2.20 bits per heavy atom. The van der Waals surface area contributed by atoms with E-state index in [1.807, 2.05) is 0 Å². The molecule has 0 radical (unpaired) electrons. The Morgan fingerprint density at radius 3 is 2.60 bits per heavy atom. The van der Waals surface area contributed by atoms with Gasteiger partial charge in [0.25, 0.3) is 0 Å². The van der Waals surface area contributed by atoms with Crippen LogP contribution in [0.2, 0.25) is 0 Å². The summed E-state index contributed by atoms with van der Waals surface area (Å²) in [5, 5.41) is 0. The van der Waals surface area contributed by atoms with Gasteiger partial charge in [0.1, 0.15) is 0 Å². The molecule has 0 aliphatic carbocycles. The molecule has 0 atom stereocenters. The molecule has 1 heteroatoms. The second-order valence-electron chi connectivity index (χ2n) is 3.21. The first-order valence-corrected chi connectivity index (χ1v) is 3.80. The van der Waals surface area contributed by atoms with Crippen LogP contribution in [0.15, 0.2) is 18.3 Å². The monoisotopic (exact) mass is 137 g/mol. The van der Waals surface area contributed by atoms with Crippen LogP contribution in [0.3, 0.4) is 0 Å². The average Bonchev–Trinajstić information content (AvgIpc) is 2.15. The highest BCUT2D eigenvalue weighted by atomic mass is 14.9. The first-order chi connectivity index (χ1) is 4.70. The number of aryl methyl sites for hydroxylation is 1. The van der Waals surface area contributed by atoms with Crippen LogP contribution >= 0.6 is 0 Å². The minimum atomic E-state index is 0.758. The summed E-state index contributed by atoms with van der Waals surface area (Å²) in [4.78, 5) is 0. The predicted octanol–water partition coefficient (Wildman–Crippen LogP) is 2.22. The van der Waals surface area contributed by atoms with E-state index >= 15 is 0 Å². The van der Waals surface area contributed by atoms with Crippen LogP contribution in [-0.2, 0) is 13.5 Å². The Labute approximate surface area is 62.7 Å². The fraction of sp³-hybridized carbons (Fsp3) is 0.556. The molecule has 0 aliphatic rings. The summed E-state index contributed by atoms with van der Waals surface area (Å²) in [5.74, 6) is 0.758. The zero-order chi connectivity index (χ0) is 7.56. The first kappa shape index (κ1) is 7.39. The summed E-state index contributed by atoms with van der Waals surface area (Å²) < 4.78 is 2.18. The van der Waals surface area contributed by atoms with E-state index in [1.54, 1.807) is 0 Å². The maximum atomic E-state index is 2.24. The van der Waals surface area contributed by atoms with Crippen molar-refractivity contribution in [3.8, 4) is 0 Å². The third kappa shape index (κ3) is 1.63. The maximum absolute atomic E-state index is 2.24. The second kappa shape index (κ2) is 2.91. The van der Waals surface area contributed by atoms with E-state index in [0.29, 0.717) is 0 Å². The molecule has 0 saturated carbocycles. The molecule has 0 aromatic carbocycles. The molecule has 1 heterocycles. The molecule has 1 aromatic heterocycles. The normalized spacial score (nSPS) is 10.8. The molecule has 0 bridgehead atoms. The van der Waals surface area contributed by atoms with Gasteiger partial charge in [-0.15, -0.1) is 0 Å². The SMILES string of the molecule is CC(C)Cc1cccn1C. The third-order valence-corrected chi connectivity index (χ3v) is 1.67. The van der Waals surface area contributed by atoms with Gasteiger partial charge in [-0.3, -0.25) is 0 Å².